The van der Waals surface area contributed by atoms with Crippen molar-refractivity contribution < 1.29 is 9.90 Å². The van der Waals surface area contributed by atoms with Crippen molar-refractivity contribution >= 4 is 11.9 Å². The van der Waals surface area contributed by atoms with Crippen LogP contribution in [0.3, 0.4) is 0 Å². The third-order valence-electron chi connectivity index (χ3n) is 3.24. The van der Waals surface area contributed by atoms with E-state index < -0.39 is 12.0 Å². The topological polar surface area (TPSA) is 78.4 Å². The lowest BCUT2D eigenvalue weighted by Crippen LogP contribution is -2.55. The van der Waals surface area contributed by atoms with E-state index in [0.717, 1.165) is 17.9 Å². The van der Waals surface area contributed by atoms with Gasteiger partial charge in [0.2, 0.25) is 5.95 Å². The van der Waals surface area contributed by atoms with E-state index in [1.54, 1.807) is 4.90 Å². The number of carboxylic acid groups (broad SMARTS) is 1. The predicted molar refractivity (Wildman–Crippen MR) is 72.5 cm³/mol. The maximum atomic E-state index is 11.3. The Kier molecular flexibility index (Phi) is 3.99. The number of carboxylic acids is 1. The Balaban J connectivity index is 2.35. The van der Waals surface area contributed by atoms with Crippen LogP contribution in [0, 0.1) is 6.92 Å². The van der Waals surface area contributed by atoms with Gasteiger partial charge in [-0.1, -0.05) is 13.8 Å². The van der Waals surface area contributed by atoms with Crippen molar-refractivity contribution in [2.75, 3.05) is 24.5 Å². The molecule has 1 saturated heterocycles. The first-order chi connectivity index (χ1) is 8.99. The molecule has 1 aromatic rings. The number of carbonyl (C=O) groups is 1. The smallest absolute Gasteiger partial charge is 0.327 e. The molecular weight excluding hydrogens is 244 g/mol. The minimum atomic E-state index is -0.844. The van der Waals surface area contributed by atoms with Gasteiger partial charge < -0.3 is 15.3 Å². The number of aryl methyl sites for hydroxylation is 1. The first-order valence-corrected chi connectivity index (χ1v) is 6.54. The molecule has 0 aromatic carbocycles. The Bertz CT molecular complexity index is 476. The summed E-state index contributed by atoms with van der Waals surface area (Å²) in [5.74, 6) is -0.0207. The Morgan fingerprint density at radius 1 is 1.53 bits per heavy atom. The molecule has 0 spiro atoms. The minimum absolute atomic E-state index is 0.298. The highest BCUT2D eigenvalue weighted by Gasteiger charge is 2.30. The maximum Gasteiger partial charge on any atom is 0.327 e. The van der Waals surface area contributed by atoms with Crippen LogP contribution in [0.4, 0.5) is 5.95 Å². The van der Waals surface area contributed by atoms with Gasteiger partial charge in [-0.05, 0) is 18.9 Å². The molecule has 0 aliphatic carbocycles. The summed E-state index contributed by atoms with van der Waals surface area (Å²) in [6.45, 7) is 7.82. The summed E-state index contributed by atoms with van der Waals surface area (Å²) < 4.78 is 0. The molecule has 2 heterocycles. The molecular formula is C13H20N4O2. The first kappa shape index (κ1) is 13.7. The van der Waals surface area contributed by atoms with Gasteiger partial charge in [0.25, 0.3) is 0 Å². The van der Waals surface area contributed by atoms with Crippen molar-refractivity contribution in [1.29, 1.82) is 0 Å². The van der Waals surface area contributed by atoms with Crippen LogP contribution >= 0.6 is 0 Å². The standard InChI is InChI=1S/C13H20N4O2/c1-8(2)10-6-9(3)15-13(16-10)17-5-4-14-7-11(17)12(18)19/h6,8,11,14H,4-5,7H2,1-3H3,(H,18,19). The molecule has 1 aromatic heterocycles. The molecule has 1 aliphatic heterocycles. The van der Waals surface area contributed by atoms with Crippen LogP contribution in [0.15, 0.2) is 6.07 Å². The molecule has 1 atom stereocenters. The molecule has 1 unspecified atom stereocenters. The summed E-state index contributed by atoms with van der Waals surface area (Å²) >= 11 is 0. The number of nitrogens with one attached hydrogen (secondary N) is 1. The van der Waals surface area contributed by atoms with Crippen molar-refractivity contribution in [3.63, 3.8) is 0 Å². The van der Waals surface area contributed by atoms with Crippen LogP contribution in [-0.4, -0.2) is 46.7 Å². The van der Waals surface area contributed by atoms with Crippen LogP contribution in [-0.2, 0) is 4.79 Å². The predicted octanol–water partition coefficient (Wildman–Crippen LogP) is 0.771. The molecule has 6 heteroatoms. The van der Waals surface area contributed by atoms with E-state index in [9.17, 15) is 9.90 Å². The Hall–Kier alpha value is -1.69. The fraction of sp³-hybridized carbons (Fsp3) is 0.615. The summed E-state index contributed by atoms with van der Waals surface area (Å²) in [4.78, 5) is 22.0. The number of rotatable bonds is 3. The van der Waals surface area contributed by atoms with Gasteiger partial charge in [0.1, 0.15) is 6.04 Å². The van der Waals surface area contributed by atoms with Gasteiger partial charge in [-0.2, -0.15) is 0 Å². The third kappa shape index (κ3) is 3.01. The molecule has 104 valence electrons. The second-order valence-corrected chi connectivity index (χ2v) is 5.14. The number of hydrogen-bond acceptors (Lipinski definition) is 5. The summed E-state index contributed by atoms with van der Waals surface area (Å²) in [6.07, 6.45) is 0. The molecule has 6 nitrogen and oxygen atoms in total. The maximum absolute atomic E-state index is 11.3. The monoisotopic (exact) mass is 264 g/mol. The van der Waals surface area contributed by atoms with Crippen LogP contribution in [0.5, 0.6) is 0 Å². The van der Waals surface area contributed by atoms with Gasteiger partial charge in [-0.3, -0.25) is 0 Å². The molecule has 0 bridgehead atoms. The number of hydrogen-bond donors (Lipinski definition) is 2. The lowest BCUT2D eigenvalue weighted by Gasteiger charge is -2.33. The van der Waals surface area contributed by atoms with E-state index in [1.807, 2.05) is 13.0 Å². The molecule has 19 heavy (non-hydrogen) atoms. The van der Waals surface area contributed by atoms with E-state index in [0.29, 0.717) is 25.0 Å². The molecule has 0 saturated carbocycles. The van der Waals surface area contributed by atoms with E-state index in [2.05, 4.69) is 29.1 Å². The second kappa shape index (κ2) is 5.52. The lowest BCUT2D eigenvalue weighted by atomic mass is 10.1. The van der Waals surface area contributed by atoms with Crippen LogP contribution in [0.25, 0.3) is 0 Å². The van der Waals surface area contributed by atoms with E-state index in [4.69, 9.17) is 0 Å². The lowest BCUT2D eigenvalue weighted by molar-refractivity contribution is -0.138. The highest BCUT2D eigenvalue weighted by atomic mass is 16.4. The average Bonchev–Trinajstić information content (AvgIpc) is 2.37. The Morgan fingerprint density at radius 3 is 2.89 bits per heavy atom. The number of piperazine rings is 1. The van der Waals surface area contributed by atoms with Gasteiger partial charge in [0.05, 0.1) is 0 Å². The molecule has 1 fully saturated rings. The average molecular weight is 264 g/mol. The van der Waals surface area contributed by atoms with Gasteiger partial charge in [0.15, 0.2) is 0 Å². The number of anilines is 1. The third-order valence-corrected chi connectivity index (χ3v) is 3.24. The second-order valence-electron chi connectivity index (χ2n) is 5.14. The zero-order valence-electron chi connectivity index (χ0n) is 11.6. The molecule has 0 radical (unpaired) electrons. The minimum Gasteiger partial charge on any atom is -0.480 e. The summed E-state index contributed by atoms with van der Waals surface area (Å²) in [5, 5.41) is 12.4. The quantitative estimate of drug-likeness (QED) is 0.839. The summed E-state index contributed by atoms with van der Waals surface area (Å²) in [6, 6.07) is 1.35. The van der Waals surface area contributed by atoms with Crippen molar-refractivity contribution in [3.8, 4) is 0 Å². The van der Waals surface area contributed by atoms with Gasteiger partial charge in [-0.15, -0.1) is 0 Å². The normalized spacial score (nSPS) is 19.8. The number of aromatic nitrogens is 2. The van der Waals surface area contributed by atoms with E-state index in [1.165, 1.54) is 0 Å². The molecule has 1 aliphatic rings. The fourth-order valence-corrected chi connectivity index (χ4v) is 2.17. The van der Waals surface area contributed by atoms with Crippen LogP contribution in [0.2, 0.25) is 0 Å². The van der Waals surface area contributed by atoms with Crippen molar-refractivity contribution in [2.24, 2.45) is 0 Å². The van der Waals surface area contributed by atoms with Crippen LogP contribution in [0.1, 0.15) is 31.2 Å². The van der Waals surface area contributed by atoms with Crippen LogP contribution < -0.4 is 10.2 Å². The largest absolute Gasteiger partial charge is 0.480 e. The van der Waals surface area contributed by atoms with Gasteiger partial charge in [-0.25, -0.2) is 14.8 Å². The van der Waals surface area contributed by atoms with Crippen molar-refractivity contribution in [3.05, 3.63) is 17.5 Å². The summed E-state index contributed by atoms with van der Waals surface area (Å²) in [7, 11) is 0. The fourth-order valence-electron chi connectivity index (χ4n) is 2.17. The summed E-state index contributed by atoms with van der Waals surface area (Å²) in [5.41, 5.74) is 1.82. The number of aliphatic carboxylic acids is 1. The van der Waals surface area contributed by atoms with E-state index >= 15 is 0 Å². The van der Waals surface area contributed by atoms with Crippen molar-refractivity contribution in [1.82, 2.24) is 15.3 Å². The zero-order chi connectivity index (χ0) is 14.0. The van der Waals surface area contributed by atoms with E-state index in [-0.39, 0.29) is 0 Å². The zero-order valence-corrected chi connectivity index (χ0v) is 11.6. The van der Waals surface area contributed by atoms with Gasteiger partial charge in [0, 0.05) is 31.0 Å². The number of nitrogens with zero attached hydrogens (tertiary/aromatic N) is 3. The highest BCUT2D eigenvalue weighted by Crippen LogP contribution is 2.19. The first-order valence-electron chi connectivity index (χ1n) is 6.54. The molecule has 0 amide bonds. The Labute approximate surface area is 112 Å². The van der Waals surface area contributed by atoms with Crippen molar-refractivity contribution in [2.45, 2.75) is 32.7 Å². The highest BCUT2D eigenvalue weighted by molar-refractivity contribution is 5.78. The van der Waals surface area contributed by atoms with Gasteiger partial charge >= 0.3 is 5.97 Å². The Morgan fingerprint density at radius 2 is 2.26 bits per heavy atom. The molecule has 2 rings (SSSR count). The molecule has 2 N–H and O–H groups in total. The SMILES string of the molecule is Cc1cc(C(C)C)nc(N2CCNCC2C(=O)O)n1.